The molecule has 0 spiro atoms. The molecule has 3 rings (SSSR count). The molecule has 0 N–H and O–H groups in total. The number of fused-ring (bicyclic) bond motifs is 1. The lowest BCUT2D eigenvalue weighted by Crippen LogP contribution is -2.18. The van der Waals surface area contributed by atoms with Gasteiger partial charge in [-0.25, -0.2) is 0 Å². The van der Waals surface area contributed by atoms with Crippen LogP contribution in [0.2, 0.25) is 6.04 Å². The van der Waals surface area contributed by atoms with Crippen molar-refractivity contribution in [3.63, 3.8) is 0 Å². The first-order valence-corrected chi connectivity index (χ1v) is 7.49. The molecule has 1 aliphatic heterocycles. The van der Waals surface area contributed by atoms with E-state index in [9.17, 15) is 0 Å². The predicted molar refractivity (Wildman–Crippen MR) is 73.0 cm³/mol. The van der Waals surface area contributed by atoms with Crippen molar-refractivity contribution in [1.29, 1.82) is 0 Å². The first kappa shape index (κ1) is 10.8. The Balaban J connectivity index is 1.63. The minimum Gasteiger partial charge on any atom is -0.351 e. The van der Waals surface area contributed by atoms with Crippen molar-refractivity contribution in [1.82, 2.24) is 4.57 Å². The quantitative estimate of drug-likeness (QED) is 0.726. The number of hydrogen-bond donors (Lipinski definition) is 0. The fourth-order valence-electron chi connectivity index (χ4n) is 2.71. The second-order valence-corrected chi connectivity index (χ2v) is 6.22. The standard InChI is InChI=1S/C15H17NSi/c1-12-13(10-16-9-5-8-15(12)16)11-17-14-6-3-2-4-7-14/h2-9,12-13H,10-11H2,1H3/t12-,13-/m1/s1. The van der Waals surface area contributed by atoms with Crippen molar-refractivity contribution in [2.24, 2.45) is 5.92 Å². The zero-order valence-corrected chi connectivity index (χ0v) is 11.1. The van der Waals surface area contributed by atoms with Crippen LogP contribution in [0.15, 0.2) is 48.7 Å². The summed E-state index contributed by atoms with van der Waals surface area (Å²) in [7, 11) is 0.951. The lowest BCUT2D eigenvalue weighted by molar-refractivity contribution is 0.500. The molecule has 2 radical (unpaired) electrons. The number of nitrogens with zero attached hydrogens (tertiary/aromatic N) is 1. The molecule has 0 unspecified atom stereocenters. The van der Waals surface area contributed by atoms with Crippen LogP contribution in [-0.2, 0) is 6.54 Å². The molecule has 0 bridgehead atoms. The van der Waals surface area contributed by atoms with Gasteiger partial charge < -0.3 is 4.57 Å². The number of aromatic nitrogens is 1. The Morgan fingerprint density at radius 1 is 1.18 bits per heavy atom. The number of hydrogen-bond acceptors (Lipinski definition) is 0. The minimum atomic E-state index is 0.723. The van der Waals surface area contributed by atoms with Crippen molar-refractivity contribution >= 4 is 14.7 Å². The molecule has 1 nitrogen and oxygen atoms in total. The third kappa shape index (κ3) is 2.09. The largest absolute Gasteiger partial charge is 0.351 e. The van der Waals surface area contributed by atoms with Crippen molar-refractivity contribution < 1.29 is 0 Å². The van der Waals surface area contributed by atoms with E-state index >= 15 is 0 Å². The van der Waals surface area contributed by atoms with E-state index in [2.05, 4.69) is 60.2 Å². The van der Waals surface area contributed by atoms with Crippen LogP contribution in [0.5, 0.6) is 0 Å². The Hall–Kier alpha value is -1.28. The minimum absolute atomic E-state index is 0.723. The summed E-state index contributed by atoms with van der Waals surface area (Å²) in [4.78, 5) is 0. The Kier molecular flexibility index (Phi) is 2.89. The highest BCUT2D eigenvalue weighted by atomic mass is 28.2. The summed E-state index contributed by atoms with van der Waals surface area (Å²) in [6.07, 6.45) is 2.22. The second-order valence-electron chi connectivity index (χ2n) is 4.88. The highest BCUT2D eigenvalue weighted by Crippen LogP contribution is 2.35. The van der Waals surface area contributed by atoms with Gasteiger partial charge in [-0.1, -0.05) is 48.5 Å². The zero-order chi connectivity index (χ0) is 11.7. The molecular weight excluding hydrogens is 222 g/mol. The molecule has 0 aliphatic carbocycles. The first-order chi connectivity index (χ1) is 8.34. The molecule has 0 saturated carbocycles. The molecule has 86 valence electrons. The van der Waals surface area contributed by atoms with Crippen LogP contribution in [0.3, 0.4) is 0 Å². The van der Waals surface area contributed by atoms with Crippen molar-refractivity contribution in [2.45, 2.75) is 25.4 Å². The first-order valence-electron chi connectivity index (χ1n) is 6.28. The van der Waals surface area contributed by atoms with E-state index in [1.165, 1.54) is 23.5 Å². The zero-order valence-electron chi connectivity index (χ0n) is 10.1. The second kappa shape index (κ2) is 4.53. The van der Waals surface area contributed by atoms with Gasteiger partial charge >= 0.3 is 0 Å². The molecule has 2 heteroatoms. The summed E-state index contributed by atoms with van der Waals surface area (Å²) < 4.78 is 2.42. The number of benzene rings is 1. The third-order valence-corrected chi connectivity index (χ3v) is 5.28. The van der Waals surface area contributed by atoms with Crippen LogP contribution in [0.1, 0.15) is 18.5 Å². The van der Waals surface area contributed by atoms with Crippen molar-refractivity contribution in [2.75, 3.05) is 0 Å². The molecule has 0 fully saturated rings. The maximum Gasteiger partial charge on any atom is 0.0811 e. The highest BCUT2D eigenvalue weighted by Gasteiger charge is 2.28. The normalized spacial score (nSPS) is 22.6. The van der Waals surface area contributed by atoms with Gasteiger partial charge in [0.25, 0.3) is 0 Å². The van der Waals surface area contributed by atoms with Gasteiger partial charge in [0, 0.05) is 24.4 Å². The van der Waals surface area contributed by atoms with Gasteiger partial charge in [0.15, 0.2) is 0 Å². The fourth-order valence-corrected chi connectivity index (χ4v) is 4.11. The SMILES string of the molecule is C[C@H]1c2cccn2C[C@@H]1C[Si]c1ccccc1. The average molecular weight is 239 g/mol. The molecular formula is C15H17NSi. The van der Waals surface area contributed by atoms with Crippen LogP contribution in [0.25, 0.3) is 0 Å². The maximum atomic E-state index is 2.42. The maximum absolute atomic E-state index is 2.42. The summed E-state index contributed by atoms with van der Waals surface area (Å²) >= 11 is 0. The smallest absolute Gasteiger partial charge is 0.0811 e. The molecule has 1 aromatic carbocycles. The van der Waals surface area contributed by atoms with E-state index in [-0.39, 0.29) is 0 Å². The lowest BCUT2D eigenvalue weighted by Gasteiger charge is -2.13. The fraction of sp³-hybridized carbons (Fsp3) is 0.333. The molecule has 17 heavy (non-hydrogen) atoms. The predicted octanol–water partition coefficient (Wildman–Crippen LogP) is 2.67. The Morgan fingerprint density at radius 3 is 2.76 bits per heavy atom. The van der Waals surface area contributed by atoms with Gasteiger partial charge in [-0.05, 0) is 18.1 Å². The van der Waals surface area contributed by atoms with E-state index in [1.807, 2.05) is 0 Å². The van der Waals surface area contributed by atoms with Gasteiger partial charge in [-0.2, -0.15) is 0 Å². The Morgan fingerprint density at radius 2 is 2.00 bits per heavy atom. The van der Waals surface area contributed by atoms with Crippen LogP contribution in [0, 0.1) is 5.92 Å². The van der Waals surface area contributed by atoms with Gasteiger partial charge in [0.2, 0.25) is 0 Å². The molecule has 1 aliphatic rings. The number of rotatable bonds is 3. The van der Waals surface area contributed by atoms with E-state index in [0.29, 0.717) is 0 Å². The van der Waals surface area contributed by atoms with E-state index in [0.717, 1.165) is 21.4 Å². The third-order valence-electron chi connectivity index (χ3n) is 3.81. The Bertz CT molecular complexity index is 489. The summed E-state index contributed by atoms with van der Waals surface area (Å²) in [6.45, 7) is 3.59. The van der Waals surface area contributed by atoms with Crippen LogP contribution in [0.4, 0.5) is 0 Å². The van der Waals surface area contributed by atoms with Crippen molar-refractivity contribution in [3.8, 4) is 0 Å². The summed E-state index contributed by atoms with van der Waals surface area (Å²) in [5, 5.41) is 1.50. The topological polar surface area (TPSA) is 4.93 Å². The highest BCUT2D eigenvalue weighted by molar-refractivity contribution is 6.53. The van der Waals surface area contributed by atoms with E-state index in [4.69, 9.17) is 0 Å². The van der Waals surface area contributed by atoms with Gasteiger partial charge in [0.1, 0.15) is 0 Å². The van der Waals surface area contributed by atoms with E-state index < -0.39 is 0 Å². The summed E-state index contributed by atoms with van der Waals surface area (Å²) in [6, 6.07) is 16.6. The Labute approximate surface area is 105 Å². The monoisotopic (exact) mass is 239 g/mol. The lowest BCUT2D eigenvalue weighted by atomic mass is 9.97. The molecule has 0 amide bonds. The average Bonchev–Trinajstić information content (AvgIpc) is 2.92. The van der Waals surface area contributed by atoms with E-state index in [1.54, 1.807) is 0 Å². The van der Waals surface area contributed by atoms with Crippen LogP contribution >= 0.6 is 0 Å². The molecule has 2 heterocycles. The van der Waals surface area contributed by atoms with Gasteiger partial charge in [-0.15, -0.1) is 0 Å². The van der Waals surface area contributed by atoms with Crippen LogP contribution < -0.4 is 5.19 Å². The van der Waals surface area contributed by atoms with Gasteiger partial charge in [0.05, 0.1) is 9.52 Å². The summed E-state index contributed by atoms with van der Waals surface area (Å²) in [5.74, 6) is 1.55. The van der Waals surface area contributed by atoms with Gasteiger partial charge in [-0.3, -0.25) is 0 Å². The van der Waals surface area contributed by atoms with Crippen LogP contribution in [-0.4, -0.2) is 14.1 Å². The molecule has 1 aromatic heterocycles. The van der Waals surface area contributed by atoms with Crippen molar-refractivity contribution in [3.05, 3.63) is 54.4 Å². The molecule has 2 aromatic rings. The summed E-state index contributed by atoms with van der Waals surface area (Å²) in [5.41, 5.74) is 1.52. The molecule has 0 saturated heterocycles. The molecule has 2 atom stereocenters.